The van der Waals surface area contributed by atoms with Crippen LogP contribution in [0.25, 0.3) is 10.9 Å². The molecule has 86 valence electrons. The Hall–Kier alpha value is -1.28. The third-order valence-corrected chi connectivity index (χ3v) is 3.66. The number of nitrogens with zero attached hydrogens (tertiary/aromatic N) is 1. The van der Waals surface area contributed by atoms with Gasteiger partial charge in [-0.2, -0.15) is 0 Å². The molecule has 0 fully saturated rings. The number of benzene rings is 1. The van der Waals surface area contributed by atoms with Crippen LogP contribution in [0.3, 0.4) is 0 Å². The maximum atomic E-state index is 3.50. The molecule has 0 atom stereocenters. The lowest BCUT2D eigenvalue weighted by atomic mass is 10.2. The van der Waals surface area contributed by atoms with E-state index in [9.17, 15) is 0 Å². The molecular formula is C14H21N2+. The second kappa shape index (κ2) is 4.30. The number of nitrogens with one attached hydrogen (secondary N) is 1. The van der Waals surface area contributed by atoms with Crippen LogP contribution in [-0.2, 0) is 6.54 Å². The molecule has 0 aliphatic heterocycles. The number of aromatic nitrogens is 1. The fourth-order valence-electron chi connectivity index (χ4n) is 2.08. The SMILES string of the molecule is CC[N+](C)(CC)[13CH2]c1cc2ccccc2[nH]1. The lowest BCUT2D eigenvalue weighted by Gasteiger charge is -2.31. The summed E-state index contributed by atoms with van der Waals surface area (Å²) in [7, 11) is 2.31. The molecule has 0 aliphatic carbocycles. The summed E-state index contributed by atoms with van der Waals surface area (Å²) in [5, 5.41) is 1.32. The van der Waals surface area contributed by atoms with Gasteiger partial charge >= 0.3 is 0 Å². The Kier molecular flexibility index (Phi) is 3.01. The van der Waals surface area contributed by atoms with Gasteiger partial charge in [-0.15, -0.1) is 0 Å². The van der Waals surface area contributed by atoms with Crippen LogP contribution in [0.1, 0.15) is 19.5 Å². The third-order valence-electron chi connectivity index (χ3n) is 3.66. The van der Waals surface area contributed by atoms with Crippen molar-refractivity contribution in [3.05, 3.63) is 36.0 Å². The lowest BCUT2D eigenvalue weighted by Crippen LogP contribution is -2.42. The van der Waals surface area contributed by atoms with E-state index in [0.29, 0.717) is 0 Å². The highest BCUT2D eigenvalue weighted by Gasteiger charge is 2.18. The quantitative estimate of drug-likeness (QED) is 0.599. The molecule has 0 aliphatic rings. The Balaban J connectivity index is 2.27. The number of H-pyrrole nitrogens is 1. The molecule has 0 bridgehead atoms. The number of hydrogen-bond acceptors (Lipinski definition) is 0. The normalized spacial score (nSPS) is 12.2. The average Bonchev–Trinajstić information content (AvgIpc) is 2.70. The molecule has 16 heavy (non-hydrogen) atoms. The number of para-hydroxylation sites is 1. The minimum Gasteiger partial charge on any atom is -0.354 e. The molecule has 0 amide bonds. The monoisotopic (exact) mass is 218 g/mol. The molecule has 1 aromatic heterocycles. The molecule has 2 aromatic rings. The van der Waals surface area contributed by atoms with E-state index in [0.717, 1.165) is 11.0 Å². The number of rotatable bonds is 4. The summed E-state index contributed by atoms with van der Waals surface area (Å²) in [5.74, 6) is 0. The molecule has 0 saturated carbocycles. The number of aromatic amines is 1. The van der Waals surface area contributed by atoms with Gasteiger partial charge in [0.25, 0.3) is 0 Å². The maximum Gasteiger partial charge on any atom is 0.119 e. The van der Waals surface area contributed by atoms with Gasteiger partial charge in [0.1, 0.15) is 6.54 Å². The van der Waals surface area contributed by atoms with Crippen molar-refractivity contribution < 1.29 is 4.48 Å². The molecule has 1 heterocycles. The lowest BCUT2D eigenvalue weighted by molar-refractivity contribution is -0.919. The first-order chi connectivity index (χ1) is 7.67. The van der Waals surface area contributed by atoms with Crippen LogP contribution in [0, 0.1) is 0 Å². The first-order valence-electron chi connectivity index (χ1n) is 6.07. The van der Waals surface area contributed by atoms with E-state index < -0.39 is 0 Å². The number of quaternary nitrogens is 1. The highest BCUT2D eigenvalue weighted by Crippen LogP contribution is 2.18. The Morgan fingerprint density at radius 3 is 2.44 bits per heavy atom. The minimum absolute atomic E-state index is 1.08. The van der Waals surface area contributed by atoms with Gasteiger partial charge in [0.2, 0.25) is 0 Å². The van der Waals surface area contributed by atoms with Gasteiger partial charge in [0.15, 0.2) is 0 Å². The maximum absolute atomic E-state index is 3.50. The Morgan fingerprint density at radius 1 is 1.12 bits per heavy atom. The van der Waals surface area contributed by atoms with Crippen LogP contribution in [0.4, 0.5) is 0 Å². The van der Waals surface area contributed by atoms with E-state index in [2.05, 4.69) is 56.2 Å². The topological polar surface area (TPSA) is 15.8 Å². The van der Waals surface area contributed by atoms with E-state index in [1.54, 1.807) is 0 Å². The number of fused-ring (bicyclic) bond motifs is 1. The van der Waals surface area contributed by atoms with Crippen molar-refractivity contribution in [2.45, 2.75) is 20.4 Å². The van der Waals surface area contributed by atoms with E-state index >= 15 is 0 Å². The van der Waals surface area contributed by atoms with Crippen molar-refractivity contribution in [3.63, 3.8) is 0 Å². The molecule has 0 saturated heterocycles. The zero-order valence-corrected chi connectivity index (χ0v) is 10.5. The Labute approximate surface area is 97.5 Å². The van der Waals surface area contributed by atoms with E-state index in [4.69, 9.17) is 0 Å². The van der Waals surface area contributed by atoms with Crippen molar-refractivity contribution >= 4 is 10.9 Å². The van der Waals surface area contributed by atoms with Crippen molar-refractivity contribution in [3.8, 4) is 0 Å². The summed E-state index contributed by atoms with van der Waals surface area (Å²) in [6.07, 6.45) is 0. The molecule has 0 unspecified atom stereocenters. The van der Waals surface area contributed by atoms with E-state index in [-0.39, 0.29) is 0 Å². The summed E-state index contributed by atoms with van der Waals surface area (Å²) in [4.78, 5) is 3.50. The van der Waals surface area contributed by atoms with E-state index in [1.807, 2.05) is 0 Å². The highest BCUT2D eigenvalue weighted by atomic mass is 15.4. The van der Waals surface area contributed by atoms with Crippen LogP contribution in [0.15, 0.2) is 30.3 Å². The van der Waals surface area contributed by atoms with Gasteiger partial charge < -0.3 is 9.47 Å². The van der Waals surface area contributed by atoms with Crippen LogP contribution in [0.5, 0.6) is 0 Å². The largest absolute Gasteiger partial charge is 0.354 e. The summed E-state index contributed by atoms with van der Waals surface area (Å²) >= 11 is 0. The third kappa shape index (κ3) is 2.12. The van der Waals surface area contributed by atoms with Gasteiger partial charge in [0, 0.05) is 5.52 Å². The molecule has 1 aromatic carbocycles. The first-order valence-corrected chi connectivity index (χ1v) is 6.07. The second-order valence-corrected chi connectivity index (χ2v) is 4.79. The zero-order chi connectivity index (χ0) is 11.6. The second-order valence-electron chi connectivity index (χ2n) is 4.79. The fraction of sp³-hybridized carbons (Fsp3) is 0.429. The van der Waals surface area contributed by atoms with Gasteiger partial charge in [0.05, 0.1) is 25.8 Å². The molecule has 1 N–H and O–H groups in total. The van der Waals surface area contributed by atoms with E-state index in [1.165, 1.54) is 29.7 Å². The van der Waals surface area contributed by atoms with Gasteiger partial charge in [-0.1, -0.05) is 18.2 Å². The minimum atomic E-state index is 1.08. The van der Waals surface area contributed by atoms with Gasteiger partial charge in [-0.05, 0) is 31.4 Å². The van der Waals surface area contributed by atoms with Crippen LogP contribution >= 0.6 is 0 Å². The molecule has 2 rings (SSSR count). The summed E-state index contributed by atoms with van der Waals surface area (Å²) in [6.45, 7) is 7.94. The molecule has 2 nitrogen and oxygen atoms in total. The number of hydrogen-bond donors (Lipinski definition) is 1. The highest BCUT2D eigenvalue weighted by molar-refractivity contribution is 5.80. The molecular weight excluding hydrogens is 197 g/mol. The van der Waals surface area contributed by atoms with Crippen LogP contribution < -0.4 is 0 Å². The van der Waals surface area contributed by atoms with Crippen molar-refractivity contribution in [2.75, 3.05) is 20.1 Å². The molecule has 0 radical (unpaired) electrons. The predicted molar refractivity (Wildman–Crippen MR) is 69.3 cm³/mol. The molecule has 0 spiro atoms. The Morgan fingerprint density at radius 2 is 1.81 bits per heavy atom. The standard InChI is InChI=1S/C14H21N2/c1-4-16(3,5-2)11-13-10-12-8-6-7-9-14(12)15-13/h6-10,15H,4-5,11H2,1-3H3/q+1/i11+1. The Bertz CT molecular complexity index is 433. The summed E-state index contributed by atoms with van der Waals surface area (Å²) in [5.41, 5.74) is 2.59. The zero-order valence-electron chi connectivity index (χ0n) is 10.5. The first kappa shape index (κ1) is 11.2. The summed E-state index contributed by atoms with van der Waals surface area (Å²) in [6, 6.07) is 10.7. The van der Waals surface area contributed by atoms with Crippen molar-refractivity contribution in [1.29, 1.82) is 0 Å². The van der Waals surface area contributed by atoms with Crippen LogP contribution in [0.2, 0.25) is 0 Å². The van der Waals surface area contributed by atoms with Crippen molar-refractivity contribution in [1.82, 2.24) is 4.98 Å². The van der Waals surface area contributed by atoms with Crippen LogP contribution in [-0.4, -0.2) is 29.6 Å². The smallest absolute Gasteiger partial charge is 0.119 e. The predicted octanol–water partition coefficient (Wildman–Crippen LogP) is 3.15. The van der Waals surface area contributed by atoms with Gasteiger partial charge in [-0.3, -0.25) is 0 Å². The molecule has 2 heteroatoms. The fourth-order valence-corrected chi connectivity index (χ4v) is 2.08. The average molecular weight is 218 g/mol. The van der Waals surface area contributed by atoms with Crippen molar-refractivity contribution in [2.24, 2.45) is 0 Å². The summed E-state index contributed by atoms with van der Waals surface area (Å²) < 4.78 is 1.09. The van der Waals surface area contributed by atoms with Gasteiger partial charge in [-0.25, -0.2) is 0 Å².